The molecular formula is C23H28N10O2. The molecule has 0 amide bonds. The summed E-state index contributed by atoms with van der Waals surface area (Å²) in [4.78, 5) is 23.2. The van der Waals surface area contributed by atoms with Gasteiger partial charge in [0.25, 0.3) is 0 Å². The van der Waals surface area contributed by atoms with Crippen LogP contribution in [0.25, 0.3) is 22.1 Å². The zero-order chi connectivity index (χ0) is 24.4. The number of aliphatic imine (C=N–C) groups is 2. The molecule has 0 bridgehead atoms. The number of benzene rings is 2. The van der Waals surface area contributed by atoms with Gasteiger partial charge >= 0.3 is 0 Å². The van der Waals surface area contributed by atoms with Gasteiger partial charge in [-0.1, -0.05) is 6.07 Å². The molecule has 0 aliphatic carbocycles. The van der Waals surface area contributed by atoms with Gasteiger partial charge in [0.15, 0.2) is 0 Å². The second-order valence-corrected chi connectivity index (χ2v) is 8.24. The van der Waals surface area contributed by atoms with Gasteiger partial charge in [-0.15, -0.1) is 0 Å². The fourth-order valence-corrected chi connectivity index (χ4v) is 3.98. The van der Waals surface area contributed by atoms with Gasteiger partial charge in [0.1, 0.15) is 35.2 Å². The van der Waals surface area contributed by atoms with Crippen molar-refractivity contribution >= 4 is 46.4 Å². The Morgan fingerprint density at radius 1 is 1.00 bits per heavy atom. The summed E-state index contributed by atoms with van der Waals surface area (Å²) in [5, 5.41) is 13.7. The normalized spacial score (nSPS) is 14.6. The van der Waals surface area contributed by atoms with E-state index in [0.717, 1.165) is 65.3 Å². The first-order valence-electron chi connectivity index (χ1n) is 11.3. The average Bonchev–Trinajstić information content (AvgIpc) is 3.66. The van der Waals surface area contributed by atoms with E-state index in [1.165, 1.54) is 0 Å². The number of phenols is 1. The Morgan fingerprint density at radius 3 is 2.43 bits per heavy atom. The number of hydrogen-bond donors (Lipinski definition) is 5. The number of nitrogens with one attached hydrogen (secondary N) is 4. The SMILES string of the molecule is COc1ccc(C)c2nc(NN3C=NCC3)[nH]c12.Cc1c(NN2C=NCC2)cc(O)c2[nH]cnc12. The van der Waals surface area contributed by atoms with E-state index in [1.54, 1.807) is 32.2 Å². The maximum Gasteiger partial charge on any atom is 0.220 e. The Kier molecular flexibility index (Phi) is 6.00. The number of rotatable bonds is 5. The third-order valence-electron chi connectivity index (χ3n) is 5.86. The fraction of sp³-hybridized carbons (Fsp3) is 0.304. The Hall–Kier alpha value is -4.48. The van der Waals surface area contributed by atoms with E-state index < -0.39 is 0 Å². The first-order chi connectivity index (χ1) is 17.0. The number of aromatic nitrogens is 4. The number of phenolic OH excluding ortho intramolecular Hbond substituents is 1. The molecule has 0 saturated carbocycles. The molecule has 12 nitrogen and oxygen atoms in total. The molecule has 182 valence electrons. The van der Waals surface area contributed by atoms with Crippen LogP contribution in [0, 0.1) is 13.8 Å². The fourth-order valence-electron chi connectivity index (χ4n) is 3.98. The van der Waals surface area contributed by atoms with Crippen molar-refractivity contribution < 1.29 is 9.84 Å². The van der Waals surface area contributed by atoms with Crippen molar-refractivity contribution in [2.75, 3.05) is 44.1 Å². The number of fused-ring (bicyclic) bond motifs is 2. The molecule has 0 atom stereocenters. The molecule has 12 heteroatoms. The van der Waals surface area contributed by atoms with Crippen molar-refractivity contribution in [1.82, 2.24) is 30.0 Å². The summed E-state index contributed by atoms with van der Waals surface area (Å²) in [7, 11) is 1.66. The van der Waals surface area contributed by atoms with Crippen LogP contribution >= 0.6 is 0 Å². The number of anilines is 2. The third-order valence-corrected chi connectivity index (χ3v) is 5.86. The smallest absolute Gasteiger partial charge is 0.220 e. The number of aryl methyl sites for hydroxylation is 2. The summed E-state index contributed by atoms with van der Waals surface area (Å²) in [6.45, 7) is 7.30. The van der Waals surface area contributed by atoms with E-state index in [-0.39, 0.29) is 5.75 Å². The molecule has 0 radical (unpaired) electrons. The number of methoxy groups -OCH3 is 1. The van der Waals surface area contributed by atoms with Crippen molar-refractivity contribution in [3.8, 4) is 11.5 Å². The van der Waals surface area contributed by atoms with Crippen molar-refractivity contribution in [3.63, 3.8) is 0 Å². The van der Waals surface area contributed by atoms with Crippen LogP contribution in [0.1, 0.15) is 11.1 Å². The summed E-state index contributed by atoms with van der Waals surface area (Å²) < 4.78 is 5.33. The number of hydrogen-bond acceptors (Lipinski definition) is 10. The lowest BCUT2D eigenvalue weighted by atomic mass is 10.1. The molecule has 0 fully saturated rings. The van der Waals surface area contributed by atoms with E-state index >= 15 is 0 Å². The maximum atomic E-state index is 9.88. The lowest BCUT2D eigenvalue weighted by molar-refractivity contribution is 0.419. The Labute approximate surface area is 201 Å². The van der Waals surface area contributed by atoms with Crippen molar-refractivity contribution in [2.24, 2.45) is 9.98 Å². The number of aromatic hydroxyl groups is 1. The predicted octanol–water partition coefficient (Wildman–Crippen LogP) is 2.80. The standard InChI is InChI=1S/C12H15N5O.C11H13N5O/c1-8-3-4-9(18-2)11-10(8)14-12(15-11)16-17-6-5-13-7-17;1-7-8(15-16-3-2-12-6-16)4-9(17)11-10(7)13-5-14-11/h3-4,7H,5-6H2,1-2H3,(H2,14,15,16);4-6,15,17H,2-3H2,1H3,(H,13,14). The Bertz CT molecular complexity index is 1410. The lowest BCUT2D eigenvalue weighted by Gasteiger charge is -2.18. The highest BCUT2D eigenvalue weighted by Gasteiger charge is 2.14. The van der Waals surface area contributed by atoms with E-state index in [9.17, 15) is 5.11 Å². The second kappa shape index (κ2) is 9.41. The molecule has 6 rings (SSSR count). The molecular weight excluding hydrogens is 448 g/mol. The quantitative estimate of drug-likeness (QED) is 0.296. The van der Waals surface area contributed by atoms with Gasteiger partial charge in [-0.3, -0.25) is 30.9 Å². The van der Waals surface area contributed by atoms with E-state index in [2.05, 4.69) is 40.8 Å². The summed E-state index contributed by atoms with van der Waals surface area (Å²) in [5.74, 6) is 1.69. The summed E-state index contributed by atoms with van der Waals surface area (Å²) in [5.41, 5.74) is 12.6. The highest BCUT2D eigenvalue weighted by molar-refractivity contribution is 5.89. The number of ether oxygens (including phenoxy) is 1. The lowest BCUT2D eigenvalue weighted by Crippen LogP contribution is -2.27. The number of H-pyrrole nitrogens is 2. The minimum atomic E-state index is 0.196. The summed E-state index contributed by atoms with van der Waals surface area (Å²) in [6, 6.07) is 5.64. The van der Waals surface area contributed by atoms with Crippen LogP contribution in [0.2, 0.25) is 0 Å². The predicted molar refractivity (Wildman–Crippen MR) is 137 cm³/mol. The van der Waals surface area contributed by atoms with Gasteiger partial charge in [0.2, 0.25) is 5.95 Å². The minimum absolute atomic E-state index is 0.196. The first-order valence-corrected chi connectivity index (χ1v) is 11.3. The van der Waals surface area contributed by atoms with Gasteiger partial charge < -0.3 is 19.8 Å². The number of imidazole rings is 2. The molecule has 4 aromatic rings. The van der Waals surface area contributed by atoms with Crippen LogP contribution in [-0.4, -0.2) is 81.0 Å². The van der Waals surface area contributed by atoms with Crippen LogP contribution < -0.4 is 15.6 Å². The molecule has 2 aliphatic rings. The largest absolute Gasteiger partial charge is 0.506 e. The number of hydrazine groups is 2. The van der Waals surface area contributed by atoms with Gasteiger partial charge in [0, 0.05) is 11.6 Å². The molecule has 35 heavy (non-hydrogen) atoms. The van der Waals surface area contributed by atoms with E-state index in [4.69, 9.17) is 4.74 Å². The van der Waals surface area contributed by atoms with Gasteiger partial charge in [-0.05, 0) is 25.5 Å². The average molecular weight is 477 g/mol. The third kappa shape index (κ3) is 4.50. The molecule has 0 unspecified atom stereocenters. The zero-order valence-corrected chi connectivity index (χ0v) is 19.8. The van der Waals surface area contributed by atoms with Crippen molar-refractivity contribution in [3.05, 3.63) is 35.7 Å². The number of aromatic amines is 2. The molecule has 4 heterocycles. The second-order valence-electron chi connectivity index (χ2n) is 8.24. The van der Waals surface area contributed by atoms with Gasteiger partial charge in [-0.25, -0.2) is 9.97 Å². The molecule has 0 spiro atoms. The Morgan fingerprint density at radius 2 is 1.74 bits per heavy atom. The highest BCUT2D eigenvalue weighted by atomic mass is 16.5. The van der Waals surface area contributed by atoms with Crippen LogP contribution in [0.5, 0.6) is 11.5 Å². The highest BCUT2D eigenvalue weighted by Crippen LogP contribution is 2.31. The molecule has 2 aromatic heterocycles. The molecule has 2 aromatic carbocycles. The summed E-state index contributed by atoms with van der Waals surface area (Å²) >= 11 is 0. The maximum absolute atomic E-state index is 9.88. The van der Waals surface area contributed by atoms with Crippen LogP contribution in [0.3, 0.4) is 0 Å². The van der Waals surface area contributed by atoms with Crippen LogP contribution in [-0.2, 0) is 0 Å². The topological polar surface area (TPSA) is 142 Å². The van der Waals surface area contributed by atoms with Gasteiger partial charge in [0.05, 0.1) is 56.3 Å². The Balaban J connectivity index is 0.000000145. The van der Waals surface area contributed by atoms with E-state index in [0.29, 0.717) is 11.5 Å². The van der Waals surface area contributed by atoms with E-state index in [1.807, 2.05) is 36.0 Å². The van der Waals surface area contributed by atoms with Crippen molar-refractivity contribution in [1.29, 1.82) is 0 Å². The van der Waals surface area contributed by atoms with Crippen molar-refractivity contribution in [2.45, 2.75) is 13.8 Å². The van der Waals surface area contributed by atoms with Gasteiger partial charge in [-0.2, -0.15) is 0 Å². The molecule has 5 N–H and O–H groups in total. The van der Waals surface area contributed by atoms with Crippen LogP contribution in [0.4, 0.5) is 11.6 Å². The first kappa shape index (κ1) is 22.3. The molecule has 2 aliphatic heterocycles. The molecule has 0 saturated heterocycles. The zero-order valence-electron chi connectivity index (χ0n) is 19.8. The summed E-state index contributed by atoms with van der Waals surface area (Å²) in [6.07, 6.45) is 5.11. The monoisotopic (exact) mass is 476 g/mol. The van der Waals surface area contributed by atoms with Crippen LogP contribution in [0.15, 0.2) is 34.5 Å². The minimum Gasteiger partial charge on any atom is -0.506 e. The number of nitrogens with zero attached hydrogens (tertiary/aromatic N) is 6.